The summed E-state index contributed by atoms with van der Waals surface area (Å²) in [6.45, 7) is 2.15. The van der Waals surface area contributed by atoms with Crippen molar-refractivity contribution in [2.24, 2.45) is 11.8 Å². The number of carbonyl (C=O) groups is 2. The lowest BCUT2D eigenvalue weighted by Crippen LogP contribution is -2.41. The van der Waals surface area contributed by atoms with Gasteiger partial charge in [0.1, 0.15) is 0 Å². The van der Waals surface area contributed by atoms with Gasteiger partial charge in [0.05, 0.1) is 18.2 Å². The highest BCUT2D eigenvalue weighted by atomic mass is 32.2. The fraction of sp³-hybridized carbons (Fsp3) is 0.667. The Kier molecular flexibility index (Phi) is 4.81. The molecule has 25 heavy (non-hydrogen) atoms. The third-order valence-corrected chi connectivity index (χ3v) is 7.23. The Hall–Kier alpha value is -1.05. The van der Waals surface area contributed by atoms with Crippen molar-refractivity contribution < 1.29 is 14.3 Å². The van der Waals surface area contributed by atoms with Crippen molar-refractivity contribution in [3.05, 3.63) is 22.4 Å². The number of amides is 2. The fourth-order valence-corrected chi connectivity index (χ4v) is 5.72. The molecule has 0 aromatic carbocycles. The number of ether oxygens (including phenoxy) is 1. The maximum Gasteiger partial charge on any atom is 0.252 e. The van der Waals surface area contributed by atoms with Gasteiger partial charge < -0.3 is 15.0 Å². The molecule has 4 rings (SSSR count). The average Bonchev–Trinajstić information content (AvgIpc) is 3.37. The molecule has 7 heteroatoms. The van der Waals surface area contributed by atoms with E-state index in [0.717, 1.165) is 37.2 Å². The first-order valence-corrected chi connectivity index (χ1v) is 11.2. The van der Waals surface area contributed by atoms with E-state index in [1.54, 1.807) is 11.8 Å². The molecule has 3 fully saturated rings. The molecule has 3 saturated heterocycles. The molecule has 0 unspecified atom stereocenters. The molecule has 2 amide bonds. The zero-order valence-corrected chi connectivity index (χ0v) is 16.0. The van der Waals surface area contributed by atoms with Gasteiger partial charge in [0.2, 0.25) is 5.91 Å². The SMILES string of the molecule is CSCCC(=O)N1C[C@@H]2[C@H](CNC(=O)c3ccsc3)[C@H]3CC[C@]2(C1)O3. The van der Waals surface area contributed by atoms with Crippen LogP contribution in [-0.4, -0.2) is 60.1 Å². The molecule has 0 aliphatic carbocycles. The molecule has 0 radical (unpaired) electrons. The van der Waals surface area contributed by atoms with Crippen molar-refractivity contribution >= 4 is 34.9 Å². The van der Waals surface area contributed by atoms with Gasteiger partial charge in [0, 0.05) is 48.0 Å². The highest BCUT2D eigenvalue weighted by Gasteiger charge is 2.63. The van der Waals surface area contributed by atoms with Crippen LogP contribution in [0.3, 0.4) is 0 Å². The fourth-order valence-electron chi connectivity index (χ4n) is 4.71. The number of nitrogens with zero attached hydrogens (tertiary/aromatic N) is 1. The van der Waals surface area contributed by atoms with E-state index in [4.69, 9.17) is 4.74 Å². The van der Waals surface area contributed by atoms with Gasteiger partial charge in [0.25, 0.3) is 5.91 Å². The van der Waals surface area contributed by atoms with Crippen LogP contribution < -0.4 is 5.32 Å². The van der Waals surface area contributed by atoms with Crippen LogP contribution in [0.2, 0.25) is 0 Å². The molecule has 2 bridgehead atoms. The lowest BCUT2D eigenvalue weighted by atomic mass is 9.73. The summed E-state index contributed by atoms with van der Waals surface area (Å²) < 4.78 is 6.36. The molecule has 5 nitrogen and oxygen atoms in total. The van der Waals surface area contributed by atoms with E-state index in [1.807, 2.05) is 28.0 Å². The molecular weight excluding hydrogens is 356 g/mol. The van der Waals surface area contributed by atoms with E-state index in [1.165, 1.54) is 11.3 Å². The van der Waals surface area contributed by atoms with Crippen LogP contribution in [0.15, 0.2) is 16.8 Å². The molecule has 136 valence electrons. The lowest BCUT2D eigenvalue weighted by Gasteiger charge is -2.29. The second kappa shape index (κ2) is 6.93. The van der Waals surface area contributed by atoms with E-state index in [0.29, 0.717) is 24.8 Å². The molecule has 4 heterocycles. The molecule has 3 aliphatic heterocycles. The topological polar surface area (TPSA) is 58.6 Å². The number of fused-ring (bicyclic) bond motifs is 1. The largest absolute Gasteiger partial charge is 0.369 e. The minimum atomic E-state index is -0.155. The smallest absolute Gasteiger partial charge is 0.252 e. The van der Waals surface area contributed by atoms with Crippen LogP contribution in [0.1, 0.15) is 29.6 Å². The van der Waals surface area contributed by atoms with Crippen molar-refractivity contribution in [3.8, 4) is 0 Å². The number of carbonyl (C=O) groups excluding carboxylic acids is 2. The number of hydrogen-bond acceptors (Lipinski definition) is 5. The van der Waals surface area contributed by atoms with Crippen LogP contribution in [-0.2, 0) is 9.53 Å². The standard InChI is InChI=1S/C18H24N2O3S2/c1-24-6-4-16(21)20-9-14-13(15-2-5-18(14,11-20)23-15)8-19-17(22)12-3-7-25-10-12/h3,7,10,13-15H,2,4-6,8-9,11H2,1H3,(H,19,22)/t13-,14+,15+,18+/m0/s1. The first-order valence-electron chi connectivity index (χ1n) is 8.88. The van der Waals surface area contributed by atoms with Crippen molar-refractivity contribution in [2.45, 2.75) is 31.0 Å². The predicted molar refractivity (Wildman–Crippen MR) is 100 cm³/mol. The van der Waals surface area contributed by atoms with Crippen molar-refractivity contribution in [3.63, 3.8) is 0 Å². The summed E-state index contributed by atoms with van der Waals surface area (Å²) in [7, 11) is 0. The molecular formula is C18H24N2O3S2. The van der Waals surface area contributed by atoms with Crippen molar-refractivity contribution in [2.75, 3.05) is 31.6 Å². The third-order valence-electron chi connectivity index (χ3n) is 5.94. The zero-order chi connectivity index (χ0) is 17.4. The Labute approximate surface area is 156 Å². The van der Waals surface area contributed by atoms with Gasteiger partial charge >= 0.3 is 0 Å². The van der Waals surface area contributed by atoms with Crippen molar-refractivity contribution in [1.29, 1.82) is 0 Å². The monoisotopic (exact) mass is 380 g/mol. The second-order valence-corrected chi connectivity index (χ2v) is 9.03. The highest BCUT2D eigenvalue weighted by Crippen LogP contribution is 2.54. The van der Waals surface area contributed by atoms with E-state index >= 15 is 0 Å². The van der Waals surface area contributed by atoms with Crippen molar-refractivity contribution in [1.82, 2.24) is 10.2 Å². The summed E-state index contributed by atoms with van der Waals surface area (Å²) >= 11 is 3.24. The second-order valence-electron chi connectivity index (χ2n) is 7.27. The molecule has 3 aliphatic rings. The summed E-state index contributed by atoms with van der Waals surface area (Å²) in [6, 6.07) is 1.85. The maximum absolute atomic E-state index is 12.4. The van der Waals surface area contributed by atoms with Gasteiger partial charge in [0.15, 0.2) is 0 Å². The minimum Gasteiger partial charge on any atom is -0.369 e. The first kappa shape index (κ1) is 17.4. The maximum atomic E-state index is 12.4. The molecule has 1 aromatic heterocycles. The quantitative estimate of drug-likeness (QED) is 0.822. The summed E-state index contributed by atoms with van der Waals surface area (Å²) in [5.41, 5.74) is 0.571. The Bertz CT molecular complexity index is 651. The number of rotatable bonds is 6. The average molecular weight is 381 g/mol. The molecule has 1 N–H and O–H groups in total. The first-order chi connectivity index (χ1) is 12.1. The summed E-state index contributed by atoms with van der Waals surface area (Å²) in [5, 5.41) is 6.87. The molecule has 1 aromatic rings. The van der Waals surface area contributed by atoms with Gasteiger partial charge in [-0.05, 0) is 30.5 Å². The number of thioether (sulfide) groups is 1. The number of nitrogens with one attached hydrogen (secondary N) is 1. The van der Waals surface area contributed by atoms with Crippen LogP contribution in [0.5, 0.6) is 0 Å². The van der Waals surface area contributed by atoms with Crippen LogP contribution in [0.4, 0.5) is 0 Å². The van der Waals surface area contributed by atoms with Gasteiger partial charge in [-0.15, -0.1) is 0 Å². The van der Waals surface area contributed by atoms with Gasteiger partial charge in [-0.25, -0.2) is 0 Å². The number of likely N-dealkylation sites (tertiary alicyclic amines) is 1. The van der Waals surface area contributed by atoms with Crippen LogP contribution >= 0.6 is 23.1 Å². The van der Waals surface area contributed by atoms with E-state index < -0.39 is 0 Å². The summed E-state index contributed by atoms with van der Waals surface area (Å²) in [6.07, 6.45) is 4.96. The van der Waals surface area contributed by atoms with Gasteiger partial charge in [-0.2, -0.15) is 23.1 Å². The third kappa shape index (κ3) is 3.11. The normalized spacial score (nSPS) is 32.8. The summed E-state index contributed by atoms with van der Waals surface area (Å²) in [4.78, 5) is 26.7. The highest BCUT2D eigenvalue weighted by molar-refractivity contribution is 7.98. The van der Waals surface area contributed by atoms with Crippen LogP contribution in [0.25, 0.3) is 0 Å². The zero-order valence-electron chi connectivity index (χ0n) is 14.4. The number of hydrogen-bond donors (Lipinski definition) is 1. The van der Waals surface area contributed by atoms with E-state index in [-0.39, 0.29) is 23.5 Å². The Morgan fingerprint density at radius 3 is 3.16 bits per heavy atom. The van der Waals surface area contributed by atoms with Gasteiger partial charge in [-0.1, -0.05) is 0 Å². The lowest BCUT2D eigenvalue weighted by molar-refractivity contribution is -0.131. The Morgan fingerprint density at radius 1 is 1.52 bits per heavy atom. The number of thiophene rings is 1. The van der Waals surface area contributed by atoms with Gasteiger partial charge in [-0.3, -0.25) is 9.59 Å². The Morgan fingerprint density at radius 2 is 2.40 bits per heavy atom. The van der Waals surface area contributed by atoms with E-state index in [2.05, 4.69) is 5.32 Å². The summed E-state index contributed by atoms with van der Waals surface area (Å²) in [5.74, 6) is 1.77. The minimum absolute atomic E-state index is 0.0102. The predicted octanol–water partition coefficient (Wildman–Crippen LogP) is 2.24. The molecule has 1 spiro atoms. The van der Waals surface area contributed by atoms with E-state index in [9.17, 15) is 9.59 Å². The molecule has 0 saturated carbocycles. The van der Waals surface area contributed by atoms with Crippen LogP contribution in [0, 0.1) is 11.8 Å². The Balaban J connectivity index is 1.39. The molecule has 4 atom stereocenters.